The van der Waals surface area contributed by atoms with Crippen molar-refractivity contribution in [2.45, 2.75) is 52.4 Å². The molecule has 27 heavy (non-hydrogen) atoms. The average Bonchev–Trinajstić information content (AvgIpc) is 3.29. The molecule has 0 spiro atoms. The molecule has 0 bridgehead atoms. The third-order valence-electron chi connectivity index (χ3n) is 6.77. The quantitative estimate of drug-likeness (QED) is 0.380. The number of aryl methyl sites for hydroxylation is 3. The van der Waals surface area contributed by atoms with Gasteiger partial charge in [0.05, 0.1) is 11.0 Å². The normalized spacial score (nSPS) is 16.4. The Balaban J connectivity index is 1.76. The SMILES string of the molecule is Cc1cc(C)c(C)c(C2=Cc3cc(C4CCCC4)cc4cc[n+](C)c2c34)c1. The van der Waals surface area contributed by atoms with Crippen LogP contribution in [-0.2, 0) is 7.05 Å². The van der Waals surface area contributed by atoms with Crippen LogP contribution in [0.25, 0.3) is 22.4 Å². The second-order valence-corrected chi connectivity index (χ2v) is 8.64. The topological polar surface area (TPSA) is 3.88 Å². The van der Waals surface area contributed by atoms with Gasteiger partial charge in [-0.15, -0.1) is 0 Å². The van der Waals surface area contributed by atoms with Crippen LogP contribution in [0.2, 0.25) is 0 Å². The van der Waals surface area contributed by atoms with E-state index < -0.39 is 0 Å². The van der Waals surface area contributed by atoms with Crippen LogP contribution in [0, 0.1) is 20.8 Å². The van der Waals surface area contributed by atoms with Gasteiger partial charge in [0, 0.05) is 6.07 Å². The molecular formula is C26H28N+. The minimum Gasteiger partial charge on any atom is -0.200 e. The van der Waals surface area contributed by atoms with Crippen LogP contribution in [0.4, 0.5) is 0 Å². The van der Waals surface area contributed by atoms with Crippen molar-refractivity contribution in [1.29, 1.82) is 0 Å². The highest BCUT2D eigenvalue weighted by Gasteiger charge is 2.29. The van der Waals surface area contributed by atoms with Crippen LogP contribution in [-0.4, -0.2) is 0 Å². The van der Waals surface area contributed by atoms with Gasteiger partial charge in [-0.05, 0) is 78.8 Å². The lowest BCUT2D eigenvalue weighted by atomic mass is 9.92. The first-order valence-corrected chi connectivity index (χ1v) is 10.3. The molecule has 2 aliphatic rings. The van der Waals surface area contributed by atoms with Crippen molar-refractivity contribution in [2.24, 2.45) is 7.05 Å². The Hall–Kier alpha value is -2.41. The number of pyridine rings is 1. The lowest BCUT2D eigenvalue weighted by Crippen LogP contribution is -2.32. The van der Waals surface area contributed by atoms with Crippen molar-refractivity contribution in [3.05, 3.63) is 75.6 Å². The minimum atomic E-state index is 0.753. The summed E-state index contributed by atoms with van der Waals surface area (Å²) in [5.41, 5.74) is 11.2. The van der Waals surface area contributed by atoms with E-state index in [-0.39, 0.29) is 0 Å². The largest absolute Gasteiger partial charge is 0.221 e. The molecule has 2 aliphatic carbocycles. The molecule has 0 radical (unpaired) electrons. The Kier molecular flexibility index (Phi) is 3.75. The van der Waals surface area contributed by atoms with Gasteiger partial charge in [0.2, 0.25) is 5.69 Å². The Bertz CT molecular complexity index is 1110. The third kappa shape index (κ3) is 2.56. The summed E-state index contributed by atoms with van der Waals surface area (Å²) in [6.45, 7) is 6.70. The highest BCUT2D eigenvalue weighted by atomic mass is 14.9. The number of hydrogen-bond acceptors (Lipinski definition) is 0. The summed E-state index contributed by atoms with van der Waals surface area (Å²) < 4.78 is 2.30. The summed E-state index contributed by atoms with van der Waals surface area (Å²) in [4.78, 5) is 0. The fraction of sp³-hybridized carbons (Fsp3) is 0.346. The molecule has 1 aromatic heterocycles. The van der Waals surface area contributed by atoms with Crippen LogP contribution >= 0.6 is 0 Å². The Morgan fingerprint density at radius 1 is 0.963 bits per heavy atom. The number of hydrogen-bond donors (Lipinski definition) is 0. The molecule has 2 aromatic carbocycles. The van der Waals surface area contributed by atoms with Crippen LogP contribution < -0.4 is 4.57 Å². The van der Waals surface area contributed by atoms with E-state index in [4.69, 9.17) is 0 Å². The fourth-order valence-corrected chi connectivity index (χ4v) is 5.24. The predicted octanol–water partition coefficient (Wildman–Crippen LogP) is 6.15. The van der Waals surface area contributed by atoms with E-state index >= 15 is 0 Å². The minimum absolute atomic E-state index is 0.753. The van der Waals surface area contributed by atoms with Crippen molar-refractivity contribution in [1.82, 2.24) is 0 Å². The van der Waals surface area contributed by atoms with E-state index in [1.165, 1.54) is 75.5 Å². The second kappa shape index (κ2) is 6.05. The first-order valence-electron chi connectivity index (χ1n) is 10.3. The van der Waals surface area contributed by atoms with Gasteiger partial charge in [0.1, 0.15) is 7.05 Å². The molecule has 0 amide bonds. The Morgan fingerprint density at radius 2 is 1.74 bits per heavy atom. The average molecular weight is 355 g/mol. The van der Waals surface area contributed by atoms with Crippen molar-refractivity contribution < 1.29 is 4.57 Å². The Labute approximate surface area is 162 Å². The van der Waals surface area contributed by atoms with Gasteiger partial charge >= 0.3 is 0 Å². The van der Waals surface area contributed by atoms with Crippen LogP contribution in [0.3, 0.4) is 0 Å². The Morgan fingerprint density at radius 3 is 2.52 bits per heavy atom. The molecule has 1 nitrogen and oxygen atoms in total. The standard InChI is InChI=1S/C26H28N/c1-16-11-17(2)18(3)23(12-16)24-15-22-14-21(19-7-5-6-8-19)13-20-9-10-27(4)26(24)25(20)22/h9-15,19H,5-8H2,1-4H3/q+1. The number of nitrogens with zero attached hydrogens (tertiary/aromatic N) is 1. The molecule has 0 aliphatic heterocycles. The zero-order valence-corrected chi connectivity index (χ0v) is 16.9. The number of benzene rings is 2. The summed E-state index contributed by atoms with van der Waals surface area (Å²) in [7, 11) is 2.18. The molecule has 136 valence electrons. The van der Waals surface area contributed by atoms with Gasteiger partial charge in [-0.25, -0.2) is 4.57 Å². The first-order chi connectivity index (χ1) is 13.0. The zero-order chi connectivity index (χ0) is 18.7. The predicted molar refractivity (Wildman–Crippen MR) is 114 cm³/mol. The van der Waals surface area contributed by atoms with Crippen molar-refractivity contribution in [2.75, 3.05) is 0 Å². The summed E-state index contributed by atoms with van der Waals surface area (Å²) in [6.07, 6.45) is 10.1. The monoisotopic (exact) mass is 354 g/mol. The van der Waals surface area contributed by atoms with E-state index in [1.807, 2.05) is 0 Å². The maximum atomic E-state index is 2.48. The lowest BCUT2D eigenvalue weighted by Gasteiger charge is -2.12. The maximum absolute atomic E-state index is 2.48. The third-order valence-corrected chi connectivity index (χ3v) is 6.77. The highest BCUT2D eigenvalue weighted by molar-refractivity contribution is 6.11. The van der Waals surface area contributed by atoms with Gasteiger partial charge in [-0.2, -0.15) is 0 Å². The summed E-state index contributed by atoms with van der Waals surface area (Å²) in [6, 6.07) is 11.9. The second-order valence-electron chi connectivity index (χ2n) is 8.64. The van der Waals surface area contributed by atoms with Gasteiger partial charge in [0.25, 0.3) is 0 Å². The molecule has 0 N–H and O–H groups in total. The molecule has 3 aromatic rings. The molecule has 5 rings (SSSR count). The van der Waals surface area contributed by atoms with E-state index in [0.717, 1.165) is 5.92 Å². The van der Waals surface area contributed by atoms with Crippen LogP contribution in [0.1, 0.15) is 70.7 Å². The van der Waals surface area contributed by atoms with Crippen LogP contribution in [0.15, 0.2) is 36.5 Å². The van der Waals surface area contributed by atoms with Gasteiger partial charge in [0.15, 0.2) is 6.20 Å². The molecule has 1 saturated carbocycles. The first kappa shape index (κ1) is 16.7. The summed E-state index contributed by atoms with van der Waals surface area (Å²) >= 11 is 0. The zero-order valence-electron chi connectivity index (χ0n) is 16.9. The van der Waals surface area contributed by atoms with E-state index in [2.05, 4.69) is 75.0 Å². The maximum Gasteiger partial charge on any atom is 0.221 e. The van der Waals surface area contributed by atoms with E-state index in [1.54, 1.807) is 5.56 Å². The molecule has 1 fully saturated rings. The smallest absolute Gasteiger partial charge is 0.200 e. The summed E-state index contributed by atoms with van der Waals surface area (Å²) in [5, 5.41) is 2.83. The van der Waals surface area contributed by atoms with Crippen molar-refractivity contribution in [3.8, 4) is 0 Å². The van der Waals surface area contributed by atoms with Crippen LogP contribution in [0.5, 0.6) is 0 Å². The van der Waals surface area contributed by atoms with Crippen molar-refractivity contribution >= 4 is 22.4 Å². The molecule has 1 heteroatoms. The molecule has 0 unspecified atom stereocenters. The highest BCUT2D eigenvalue weighted by Crippen LogP contribution is 2.43. The lowest BCUT2D eigenvalue weighted by molar-refractivity contribution is -0.672. The summed E-state index contributed by atoms with van der Waals surface area (Å²) in [5.74, 6) is 0.753. The van der Waals surface area contributed by atoms with Gasteiger partial charge in [-0.3, -0.25) is 0 Å². The molecule has 0 saturated heterocycles. The van der Waals surface area contributed by atoms with Gasteiger partial charge < -0.3 is 0 Å². The fourth-order valence-electron chi connectivity index (χ4n) is 5.24. The van der Waals surface area contributed by atoms with E-state index in [0.29, 0.717) is 0 Å². The van der Waals surface area contributed by atoms with Gasteiger partial charge in [-0.1, -0.05) is 42.7 Å². The van der Waals surface area contributed by atoms with Crippen molar-refractivity contribution in [3.63, 3.8) is 0 Å². The molecule has 0 atom stereocenters. The number of aromatic nitrogens is 1. The van der Waals surface area contributed by atoms with E-state index in [9.17, 15) is 0 Å². The molecular weight excluding hydrogens is 326 g/mol. The number of rotatable bonds is 2. The molecule has 1 heterocycles.